The van der Waals surface area contributed by atoms with Gasteiger partial charge in [-0.15, -0.1) is 0 Å². The van der Waals surface area contributed by atoms with Gasteiger partial charge in [0.15, 0.2) is 0 Å². The van der Waals surface area contributed by atoms with Gasteiger partial charge in [0.25, 0.3) is 0 Å². The summed E-state index contributed by atoms with van der Waals surface area (Å²) in [6.45, 7) is 9.39. The molecule has 0 amide bonds. The maximum atomic E-state index is 5.59. The predicted molar refractivity (Wildman–Crippen MR) is 70.0 cm³/mol. The van der Waals surface area contributed by atoms with Crippen LogP contribution in [-0.2, 0) is 4.74 Å². The van der Waals surface area contributed by atoms with Crippen molar-refractivity contribution in [3.8, 4) is 0 Å². The van der Waals surface area contributed by atoms with Crippen LogP contribution in [0.4, 0.5) is 0 Å². The van der Waals surface area contributed by atoms with Crippen molar-refractivity contribution in [1.82, 2.24) is 5.32 Å². The molecule has 0 radical (unpaired) electrons. The number of rotatable bonds is 2. The van der Waals surface area contributed by atoms with Gasteiger partial charge in [-0.25, -0.2) is 0 Å². The lowest BCUT2D eigenvalue weighted by Crippen LogP contribution is -2.50. The highest BCUT2D eigenvalue weighted by Gasteiger charge is 2.61. The summed E-state index contributed by atoms with van der Waals surface area (Å²) in [5.41, 5.74) is 1.04. The second-order valence-electron chi connectivity index (χ2n) is 7.24. The van der Waals surface area contributed by atoms with Crippen molar-refractivity contribution in [3.63, 3.8) is 0 Å². The lowest BCUT2D eigenvalue weighted by Gasteiger charge is -2.41. The molecule has 0 aromatic heterocycles. The summed E-state index contributed by atoms with van der Waals surface area (Å²) >= 11 is 0. The first-order valence-electron chi connectivity index (χ1n) is 7.38. The van der Waals surface area contributed by atoms with E-state index in [9.17, 15) is 0 Å². The summed E-state index contributed by atoms with van der Waals surface area (Å²) in [6.07, 6.45) is 6.78. The molecule has 2 aliphatic carbocycles. The van der Waals surface area contributed by atoms with E-state index in [-0.39, 0.29) is 0 Å². The van der Waals surface area contributed by atoms with Crippen LogP contribution in [0.15, 0.2) is 0 Å². The average molecular weight is 237 g/mol. The quantitative estimate of drug-likeness (QED) is 0.797. The molecule has 17 heavy (non-hydrogen) atoms. The molecule has 2 nitrogen and oxygen atoms in total. The van der Waals surface area contributed by atoms with Gasteiger partial charge in [0.2, 0.25) is 0 Å². The minimum atomic E-state index is 0.509. The van der Waals surface area contributed by atoms with Gasteiger partial charge in [0.05, 0.1) is 6.61 Å². The largest absolute Gasteiger partial charge is 0.380 e. The topological polar surface area (TPSA) is 21.3 Å². The zero-order valence-electron chi connectivity index (χ0n) is 11.6. The van der Waals surface area contributed by atoms with Crippen molar-refractivity contribution in [2.75, 3.05) is 13.2 Å². The second-order valence-corrected chi connectivity index (χ2v) is 7.24. The number of hydrogen-bond donors (Lipinski definition) is 1. The van der Waals surface area contributed by atoms with Crippen molar-refractivity contribution in [3.05, 3.63) is 0 Å². The van der Waals surface area contributed by atoms with Gasteiger partial charge < -0.3 is 10.1 Å². The molecular formula is C15H27NO. The minimum absolute atomic E-state index is 0.509. The summed E-state index contributed by atoms with van der Waals surface area (Å²) in [6, 6.07) is 1.34. The van der Waals surface area contributed by atoms with Crippen LogP contribution in [0.5, 0.6) is 0 Å². The molecule has 0 spiro atoms. The molecule has 4 atom stereocenters. The molecule has 0 aromatic carbocycles. The molecule has 4 unspecified atom stereocenters. The Morgan fingerprint density at radius 3 is 2.53 bits per heavy atom. The molecule has 0 aromatic rings. The fourth-order valence-corrected chi connectivity index (χ4v) is 4.61. The molecule has 1 saturated heterocycles. The van der Waals surface area contributed by atoms with Crippen LogP contribution >= 0.6 is 0 Å². The van der Waals surface area contributed by atoms with Crippen LogP contribution in [-0.4, -0.2) is 25.3 Å². The summed E-state index contributed by atoms with van der Waals surface area (Å²) in [4.78, 5) is 0. The number of fused-ring (bicyclic) bond motifs is 2. The molecule has 2 heteroatoms. The van der Waals surface area contributed by atoms with Crippen LogP contribution in [0.2, 0.25) is 0 Å². The Labute approximate surface area is 105 Å². The van der Waals surface area contributed by atoms with Crippen LogP contribution in [0.3, 0.4) is 0 Å². The third-order valence-corrected chi connectivity index (χ3v) is 6.39. The van der Waals surface area contributed by atoms with E-state index >= 15 is 0 Å². The third kappa shape index (κ3) is 1.67. The normalized spacial score (nSPS) is 48.5. The zero-order chi connectivity index (χ0) is 12.1. The van der Waals surface area contributed by atoms with Gasteiger partial charge >= 0.3 is 0 Å². The van der Waals surface area contributed by atoms with Crippen molar-refractivity contribution >= 4 is 0 Å². The van der Waals surface area contributed by atoms with E-state index in [2.05, 4.69) is 26.1 Å². The highest BCUT2D eigenvalue weighted by atomic mass is 16.5. The van der Waals surface area contributed by atoms with Gasteiger partial charge in [0, 0.05) is 18.7 Å². The number of ether oxygens (including phenoxy) is 1. The van der Waals surface area contributed by atoms with Crippen molar-refractivity contribution in [2.24, 2.45) is 16.7 Å². The maximum absolute atomic E-state index is 5.59. The number of nitrogens with one attached hydrogen (secondary N) is 1. The summed E-state index contributed by atoms with van der Waals surface area (Å²) in [5, 5.41) is 3.92. The lowest BCUT2D eigenvalue weighted by atomic mass is 9.69. The standard InChI is InChI=1S/C15H27NO/c1-14(2)11-6-7-15(14,3)13(9-11)16-12-5-4-8-17-10-12/h11-13,16H,4-10H2,1-3H3. The molecule has 3 fully saturated rings. The first-order valence-corrected chi connectivity index (χ1v) is 7.38. The second kappa shape index (κ2) is 3.96. The fourth-order valence-electron chi connectivity index (χ4n) is 4.61. The van der Waals surface area contributed by atoms with Gasteiger partial charge in [-0.05, 0) is 48.9 Å². The van der Waals surface area contributed by atoms with Crippen molar-refractivity contribution in [2.45, 2.75) is 65.0 Å². The Bertz CT molecular complexity index is 295. The van der Waals surface area contributed by atoms with E-state index in [1.165, 1.54) is 32.1 Å². The minimum Gasteiger partial charge on any atom is -0.380 e. The van der Waals surface area contributed by atoms with Gasteiger partial charge in [0.1, 0.15) is 0 Å². The maximum Gasteiger partial charge on any atom is 0.0619 e. The van der Waals surface area contributed by atoms with Crippen LogP contribution in [0.25, 0.3) is 0 Å². The molecule has 3 rings (SSSR count). The average Bonchev–Trinajstić information content (AvgIpc) is 2.63. The molecule has 2 bridgehead atoms. The molecule has 2 saturated carbocycles. The van der Waals surface area contributed by atoms with E-state index in [1.807, 2.05) is 0 Å². The van der Waals surface area contributed by atoms with Crippen LogP contribution < -0.4 is 5.32 Å². The van der Waals surface area contributed by atoms with Gasteiger partial charge in [-0.2, -0.15) is 0 Å². The zero-order valence-corrected chi connectivity index (χ0v) is 11.6. The monoisotopic (exact) mass is 237 g/mol. The molecule has 1 heterocycles. The molecular weight excluding hydrogens is 210 g/mol. The third-order valence-electron chi connectivity index (χ3n) is 6.39. The van der Waals surface area contributed by atoms with E-state index in [4.69, 9.17) is 4.74 Å². The van der Waals surface area contributed by atoms with Gasteiger partial charge in [-0.3, -0.25) is 0 Å². The lowest BCUT2D eigenvalue weighted by molar-refractivity contribution is 0.0490. The van der Waals surface area contributed by atoms with E-state index < -0.39 is 0 Å². The fraction of sp³-hybridized carbons (Fsp3) is 1.00. The Hall–Kier alpha value is -0.0800. The summed E-state index contributed by atoms with van der Waals surface area (Å²) in [5.74, 6) is 0.939. The van der Waals surface area contributed by atoms with E-state index in [0.717, 1.165) is 25.2 Å². The summed E-state index contributed by atoms with van der Waals surface area (Å²) < 4.78 is 5.59. The van der Waals surface area contributed by atoms with Gasteiger partial charge in [-0.1, -0.05) is 20.8 Å². The smallest absolute Gasteiger partial charge is 0.0619 e. The highest BCUT2D eigenvalue weighted by Crippen LogP contribution is 2.65. The molecule has 98 valence electrons. The van der Waals surface area contributed by atoms with Crippen LogP contribution in [0.1, 0.15) is 52.9 Å². The first kappa shape index (κ1) is 12.0. The van der Waals surface area contributed by atoms with E-state index in [0.29, 0.717) is 16.9 Å². The molecule has 3 aliphatic rings. The van der Waals surface area contributed by atoms with Crippen molar-refractivity contribution < 1.29 is 4.74 Å². The SMILES string of the molecule is CC1(C)C2CCC1(C)C(NC1CCCOC1)C2. The van der Waals surface area contributed by atoms with Crippen molar-refractivity contribution in [1.29, 1.82) is 0 Å². The Kier molecular flexibility index (Phi) is 2.79. The number of hydrogen-bond acceptors (Lipinski definition) is 2. The molecule has 1 N–H and O–H groups in total. The first-order chi connectivity index (χ1) is 8.04. The molecule has 1 aliphatic heterocycles. The Balaban J connectivity index is 1.69. The summed E-state index contributed by atoms with van der Waals surface area (Å²) in [7, 11) is 0. The van der Waals surface area contributed by atoms with E-state index in [1.54, 1.807) is 0 Å². The van der Waals surface area contributed by atoms with Crippen LogP contribution in [0, 0.1) is 16.7 Å². The Morgan fingerprint density at radius 1 is 1.18 bits per heavy atom. The predicted octanol–water partition coefficient (Wildman–Crippen LogP) is 2.97. The highest BCUT2D eigenvalue weighted by molar-refractivity contribution is 5.13. The Morgan fingerprint density at radius 2 is 2.00 bits per heavy atom.